The van der Waals surface area contributed by atoms with E-state index in [-0.39, 0.29) is 0 Å². The molecule has 0 unspecified atom stereocenters. The van der Waals surface area contributed by atoms with Gasteiger partial charge in [-0.05, 0) is 39.5 Å². The second kappa shape index (κ2) is 5.02. The van der Waals surface area contributed by atoms with Crippen molar-refractivity contribution < 1.29 is 0 Å². The van der Waals surface area contributed by atoms with E-state index in [9.17, 15) is 0 Å². The van der Waals surface area contributed by atoms with Crippen LogP contribution in [-0.4, -0.2) is 9.78 Å². The molecule has 0 amide bonds. The van der Waals surface area contributed by atoms with Crippen molar-refractivity contribution in [2.75, 3.05) is 0 Å². The normalized spacial score (nSPS) is 11.1. The number of benzene rings is 1. The van der Waals surface area contributed by atoms with E-state index >= 15 is 0 Å². The summed E-state index contributed by atoms with van der Waals surface area (Å²) >= 11 is 3.45. The number of nitrogens with two attached hydrogens (primary N) is 1. The summed E-state index contributed by atoms with van der Waals surface area (Å²) in [5, 5.41) is 4.42. The van der Waals surface area contributed by atoms with Gasteiger partial charge in [-0.2, -0.15) is 5.10 Å². The lowest BCUT2D eigenvalue weighted by Crippen LogP contribution is -2.00. The predicted octanol–water partition coefficient (Wildman–Crippen LogP) is 3.22. The molecular formula is C13H16BrN3. The van der Waals surface area contributed by atoms with Crippen LogP contribution in [0.25, 0.3) is 5.69 Å². The fraction of sp³-hybridized carbons (Fsp3) is 0.308. The minimum atomic E-state index is 0.442. The van der Waals surface area contributed by atoms with Crippen LogP contribution in [0.4, 0.5) is 0 Å². The van der Waals surface area contributed by atoms with Crippen LogP contribution in [0.3, 0.4) is 0 Å². The largest absolute Gasteiger partial charge is 0.325 e. The fourth-order valence-corrected chi connectivity index (χ4v) is 2.11. The molecule has 0 atom stereocenters. The van der Waals surface area contributed by atoms with Gasteiger partial charge in [0.1, 0.15) is 0 Å². The summed E-state index contributed by atoms with van der Waals surface area (Å²) in [7, 11) is 0. The van der Waals surface area contributed by atoms with Gasteiger partial charge in [0.15, 0.2) is 0 Å². The Morgan fingerprint density at radius 3 is 2.41 bits per heavy atom. The molecule has 0 aliphatic heterocycles. The lowest BCUT2D eigenvalue weighted by atomic mass is 10.0. The van der Waals surface area contributed by atoms with E-state index in [4.69, 9.17) is 5.73 Å². The lowest BCUT2D eigenvalue weighted by Gasteiger charge is -2.06. The van der Waals surface area contributed by atoms with E-state index in [1.54, 1.807) is 0 Å². The quantitative estimate of drug-likeness (QED) is 0.944. The molecule has 17 heavy (non-hydrogen) atoms. The first kappa shape index (κ1) is 12.3. The van der Waals surface area contributed by atoms with Gasteiger partial charge >= 0.3 is 0 Å². The smallest absolute Gasteiger partial charge is 0.0906 e. The maximum Gasteiger partial charge on any atom is 0.0906 e. The van der Waals surface area contributed by atoms with Gasteiger partial charge in [-0.15, -0.1) is 0 Å². The van der Waals surface area contributed by atoms with Gasteiger partial charge in [-0.1, -0.05) is 26.0 Å². The van der Waals surface area contributed by atoms with Crippen molar-refractivity contribution in [2.45, 2.75) is 26.3 Å². The first-order chi connectivity index (χ1) is 8.11. The second-order valence-electron chi connectivity index (χ2n) is 4.32. The molecule has 1 heterocycles. The van der Waals surface area contributed by atoms with Crippen LogP contribution in [0.2, 0.25) is 0 Å². The summed E-state index contributed by atoms with van der Waals surface area (Å²) in [6, 6.07) is 8.43. The summed E-state index contributed by atoms with van der Waals surface area (Å²) in [4.78, 5) is 0. The van der Waals surface area contributed by atoms with Crippen molar-refractivity contribution in [1.29, 1.82) is 0 Å². The monoisotopic (exact) mass is 293 g/mol. The van der Waals surface area contributed by atoms with Gasteiger partial charge in [0, 0.05) is 12.7 Å². The van der Waals surface area contributed by atoms with E-state index in [0.717, 1.165) is 15.9 Å². The third-order valence-electron chi connectivity index (χ3n) is 2.76. The van der Waals surface area contributed by atoms with Gasteiger partial charge in [0.25, 0.3) is 0 Å². The highest BCUT2D eigenvalue weighted by molar-refractivity contribution is 9.10. The molecule has 0 aliphatic carbocycles. The predicted molar refractivity (Wildman–Crippen MR) is 73.2 cm³/mol. The summed E-state index contributed by atoms with van der Waals surface area (Å²) in [6.45, 7) is 4.82. The summed E-state index contributed by atoms with van der Waals surface area (Å²) in [5.41, 5.74) is 8.86. The Kier molecular flexibility index (Phi) is 3.64. The topological polar surface area (TPSA) is 43.8 Å². The van der Waals surface area contributed by atoms with Crippen LogP contribution in [0.5, 0.6) is 0 Å². The van der Waals surface area contributed by atoms with Gasteiger partial charge in [0.05, 0.1) is 15.9 Å². The SMILES string of the molecule is CC(C)c1ccc(-n2cc(Br)c(CN)n2)cc1. The maximum absolute atomic E-state index is 5.60. The molecule has 0 radical (unpaired) electrons. The highest BCUT2D eigenvalue weighted by Crippen LogP contribution is 2.20. The number of aromatic nitrogens is 2. The first-order valence-corrected chi connectivity index (χ1v) is 6.45. The summed E-state index contributed by atoms with van der Waals surface area (Å²) in [6.07, 6.45) is 1.94. The molecule has 1 aromatic carbocycles. The zero-order valence-corrected chi connectivity index (χ0v) is 11.6. The molecule has 0 saturated carbocycles. The first-order valence-electron chi connectivity index (χ1n) is 5.66. The van der Waals surface area contributed by atoms with Gasteiger partial charge in [0.2, 0.25) is 0 Å². The van der Waals surface area contributed by atoms with Gasteiger partial charge in [-0.3, -0.25) is 0 Å². The number of hydrogen-bond donors (Lipinski definition) is 1. The Morgan fingerprint density at radius 2 is 1.94 bits per heavy atom. The molecule has 4 heteroatoms. The zero-order valence-electron chi connectivity index (χ0n) is 10.0. The van der Waals surface area contributed by atoms with E-state index in [1.165, 1.54) is 5.56 Å². The van der Waals surface area contributed by atoms with Crippen molar-refractivity contribution in [2.24, 2.45) is 5.73 Å². The fourth-order valence-electron chi connectivity index (χ4n) is 1.67. The Balaban J connectivity index is 2.33. The Labute approximate surface area is 110 Å². The number of halogens is 1. The lowest BCUT2D eigenvalue weighted by molar-refractivity contribution is 0.827. The highest BCUT2D eigenvalue weighted by Gasteiger charge is 2.06. The van der Waals surface area contributed by atoms with Crippen LogP contribution in [0.1, 0.15) is 31.0 Å². The average Bonchev–Trinajstić information content (AvgIpc) is 2.70. The highest BCUT2D eigenvalue weighted by atomic mass is 79.9. The number of nitrogens with zero attached hydrogens (tertiary/aromatic N) is 2. The molecule has 0 bridgehead atoms. The standard InChI is InChI=1S/C13H16BrN3/c1-9(2)10-3-5-11(6-4-10)17-8-12(14)13(7-15)16-17/h3-6,8-9H,7,15H2,1-2H3. The molecule has 0 spiro atoms. The van der Waals surface area contributed by atoms with Crippen LogP contribution in [-0.2, 0) is 6.54 Å². The molecule has 2 N–H and O–H groups in total. The molecule has 3 nitrogen and oxygen atoms in total. The number of hydrogen-bond acceptors (Lipinski definition) is 2. The summed E-state index contributed by atoms with van der Waals surface area (Å²) < 4.78 is 2.80. The second-order valence-corrected chi connectivity index (χ2v) is 5.17. The number of rotatable bonds is 3. The van der Waals surface area contributed by atoms with Crippen LogP contribution in [0.15, 0.2) is 34.9 Å². The molecule has 1 aromatic heterocycles. The third kappa shape index (κ3) is 2.58. The molecule has 2 aromatic rings. The van der Waals surface area contributed by atoms with Crippen LogP contribution >= 0.6 is 15.9 Å². The van der Waals surface area contributed by atoms with E-state index in [1.807, 2.05) is 10.9 Å². The minimum absolute atomic E-state index is 0.442. The van der Waals surface area contributed by atoms with Gasteiger partial charge < -0.3 is 5.73 Å². The van der Waals surface area contributed by atoms with Gasteiger partial charge in [-0.25, -0.2) is 4.68 Å². The Morgan fingerprint density at radius 1 is 1.29 bits per heavy atom. The van der Waals surface area contributed by atoms with E-state index in [2.05, 4.69) is 59.1 Å². The van der Waals surface area contributed by atoms with Crippen LogP contribution in [0, 0.1) is 0 Å². The zero-order chi connectivity index (χ0) is 12.4. The van der Waals surface area contributed by atoms with E-state index < -0.39 is 0 Å². The van der Waals surface area contributed by atoms with Crippen LogP contribution < -0.4 is 5.73 Å². The van der Waals surface area contributed by atoms with Crippen molar-refractivity contribution in [3.05, 3.63) is 46.2 Å². The van der Waals surface area contributed by atoms with Crippen molar-refractivity contribution in [3.63, 3.8) is 0 Å². The molecule has 0 fully saturated rings. The Bertz CT molecular complexity index is 500. The van der Waals surface area contributed by atoms with Crippen molar-refractivity contribution in [3.8, 4) is 5.69 Å². The molecule has 0 aliphatic rings. The molecule has 90 valence electrons. The Hall–Kier alpha value is -1.13. The maximum atomic E-state index is 5.60. The van der Waals surface area contributed by atoms with Crippen molar-refractivity contribution in [1.82, 2.24) is 9.78 Å². The third-order valence-corrected chi connectivity index (χ3v) is 3.42. The van der Waals surface area contributed by atoms with E-state index in [0.29, 0.717) is 12.5 Å². The van der Waals surface area contributed by atoms with Crippen molar-refractivity contribution >= 4 is 15.9 Å². The minimum Gasteiger partial charge on any atom is -0.325 e. The molecule has 2 rings (SSSR count). The molecule has 0 saturated heterocycles. The summed E-state index contributed by atoms with van der Waals surface area (Å²) in [5.74, 6) is 0.549. The average molecular weight is 294 g/mol. The molecular weight excluding hydrogens is 278 g/mol.